The second kappa shape index (κ2) is 7.86. The number of carbonyl (C=O) groups excluding carboxylic acids is 1. The van der Waals surface area contributed by atoms with Gasteiger partial charge in [0.1, 0.15) is 0 Å². The fraction of sp³-hybridized carbons (Fsp3) is 0.889. The van der Waals surface area contributed by atoms with Crippen molar-refractivity contribution in [2.45, 2.75) is 20.3 Å². The first-order chi connectivity index (χ1) is 7.47. The summed E-state index contributed by atoms with van der Waals surface area (Å²) in [4.78, 5) is 11.3. The summed E-state index contributed by atoms with van der Waals surface area (Å²) < 4.78 is 24.7. The number of nitrogens with zero attached hydrogens (tertiary/aromatic N) is 1. The summed E-state index contributed by atoms with van der Waals surface area (Å²) in [5, 5.41) is 2.57. The van der Waals surface area contributed by atoms with Crippen LogP contribution in [0.15, 0.2) is 0 Å². The SMILES string of the molecule is CCNC(=O)CN(CC)S(=O)(=O)CCCCl. The maximum atomic E-state index is 11.7. The molecule has 0 aliphatic heterocycles. The van der Waals surface area contributed by atoms with Gasteiger partial charge in [0.2, 0.25) is 15.9 Å². The van der Waals surface area contributed by atoms with E-state index in [2.05, 4.69) is 5.32 Å². The second-order valence-electron chi connectivity index (χ2n) is 3.24. The van der Waals surface area contributed by atoms with E-state index in [0.29, 0.717) is 25.4 Å². The van der Waals surface area contributed by atoms with Crippen LogP contribution in [0.3, 0.4) is 0 Å². The molecular formula is C9H19ClN2O3S. The van der Waals surface area contributed by atoms with Crippen LogP contribution in [-0.2, 0) is 14.8 Å². The van der Waals surface area contributed by atoms with Crippen molar-refractivity contribution in [3.8, 4) is 0 Å². The van der Waals surface area contributed by atoms with Gasteiger partial charge in [0, 0.05) is 19.0 Å². The normalized spacial score (nSPS) is 11.8. The maximum Gasteiger partial charge on any atom is 0.235 e. The van der Waals surface area contributed by atoms with Crippen LogP contribution in [-0.4, -0.2) is 49.9 Å². The smallest absolute Gasteiger partial charge is 0.235 e. The van der Waals surface area contributed by atoms with Crippen LogP contribution in [0.1, 0.15) is 20.3 Å². The van der Waals surface area contributed by atoms with E-state index >= 15 is 0 Å². The lowest BCUT2D eigenvalue weighted by atomic mass is 10.5. The summed E-state index contributed by atoms with van der Waals surface area (Å²) in [5.41, 5.74) is 0. The van der Waals surface area contributed by atoms with Crippen LogP contribution in [0.2, 0.25) is 0 Å². The molecule has 0 unspecified atom stereocenters. The number of amides is 1. The number of rotatable bonds is 8. The molecule has 0 bridgehead atoms. The predicted molar refractivity (Wildman–Crippen MR) is 65.1 cm³/mol. The van der Waals surface area contributed by atoms with E-state index in [4.69, 9.17) is 11.6 Å². The zero-order chi connectivity index (χ0) is 12.6. The molecule has 1 N–H and O–H groups in total. The van der Waals surface area contributed by atoms with E-state index in [1.807, 2.05) is 0 Å². The summed E-state index contributed by atoms with van der Waals surface area (Å²) >= 11 is 5.45. The Bertz CT molecular complexity index is 306. The minimum Gasteiger partial charge on any atom is -0.355 e. The maximum absolute atomic E-state index is 11.7. The number of carbonyl (C=O) groups is 1. The lowest BCUT2D eigenvalue weighted by Gasteiger charge is -2.19. The molecule has 0 saturated heterocycles. The van der Waals surface area contributed by atoms with Gasteiger partial charge in [-0.25, -0.2) is 8.42 Å². The van der Waals surface area contributed by atoms with Crippen LogP contribution in [0, 0.1) is 0 Å². The molecule has 16 heavy (non-hydrogen) atoms. The van der Waals surface area contributed by atoms with Crippen molar-refractivity contribution in [2.24, 2.45) is 0 Å². The van der Waals surface area contributed by atoms with E-state index in [1.165, 1.54) is 4.31 Å². The molecule has 5 nitrogen and oxygen atoms in total. The van der Waals surface area contributed by atoms with Crippen LogP contribution in [0.4, 0.5) is 0 Å². The molecule has 0 radical (unpaired) electrons. The topological polar surface area (TPSA) is 66.5 Å². The number of sulfonamides is 1. The van der Waals surface area contributed by atoms with Crippen LogP contribution in [0.25, 0.3) is 0 Å². The summed E-state index contributed by atoms with van der Waals surface area (Å²) in [6, 6.07) is 0. The highest BCUT2D eigenvalue weighted by Gasteiger charge is 2.21. The molecule has 0 saturated carbocycles. The van der Waals surface area contributed by atoms with Crippen LogP contribution < -0.4 is 5.32 Å². The lowest BCUT2D eigenvalue weighted by Crippen LogP contribution is -2.41. The Morgan fingerprint density at radius 3 is 2.44 bits per heavy atom. The molecule has 0 heterocycles. The number of hydrogen-bond donors (Lipinski definition) is 1. The average Bonchev–Trinajstić information content (AvgIpc) is 2.23. The van der Waals surface area contributed by atoms with Gasteiger partial charge in [-0.05, 0) is 13.3 Å². The Balaban J connectivity index is 4.41. The number of alkyl halides is 1. The van der Waals surface area contributed by atoms with Gasteiger partial charge >= 0.3 is 0 Å². The molecule has 1 amide bonds. The van der Waals surface area contributed by atoms with Gasteiger partial charge in [-0.1, -0.05) is 6.92 Å². The van der Waals surface area contributed by atoms with Crippen molar-refractivity contribution in [1.82, 2.24) is 9.62 Å². The lowest BCUT2D eigenvalue weighted by molar-refractivity contribution is -0.121. The van der Waals surface area contributed by atoms with Crippen LogP contribution in [0.5, 0.6) is 0 Å². The van der Waals surface area contributed by atoms with Gasteiger partial charge in [-0.3, -0.25) is 4.79 Å². The molecule has 0 aliphatic carbocycles. The summed E-state index contributed by atoms with van der Waals surface area (Å²) in [7, 11) is -3.36. The molecule has 0 aromatic carbocycles. The Hall–Kier alpha value is -0.330. The summed E-state index contributed by atoms with van der Waals surface area (Å²) in [6.45, 7) is 4.17. The van der Waals surface area contributed by atoms with Crippen LogP contribution >= 0.6 is 11.6 Å². The Morgan fingerprint density at radius 1 is 1.38 bits per heavy atom. The van der Waals surface area contributed by atoms with Crippen molar-refractivity contribution in [3.63, 3.8) is 0 Å². The van der Waals surface area contributed by atoms with E-state index < -0.39 is 10.0 Å². The van der Waals surface area contributed by atoms with Crippen molar-refractivity contribution in [2.75, 3.05) is 31.3 Å². The number of likely N-dealkylation sites (N-methyl/N-ethyl adjacent to an activating group) is 2. The fourth-order valence-electron chi connectivity index (χ4n) is 1.19. The zero-order valence-corrected chi connectivity index (χ0v) is 11.3. The van der Waals surface area contributed by atoms with Gasteiger partial charge in [-0.15, -0.1) is 11.6 Å². The molecule has 0 rings (SSSR count). The predicted octanol–water partition coefficient (Wildman–Crippen LogP) is 0.403. The van der Waals surface area contributed by atoms with Crippen molar-refractivity contribution < 1.29 is 13.2 Å². The molecule has 0 aromatic heterocycles. The van der Waals surface area contributed by atoms with Gasteiger partial charge in [-0.2, -0.15) is 4.31 Å². The van der Waals surface area contributed by atoms with E-state index in [9.17, 15) is 13.2 Å². The van der Waals surface area contributed by atoms with E-state index in [-0.39, 0.29) is 18.2 Å². The molecule has 0 fully saturated rings. The molecule has 0 aliphatic rings. The Kier molecular flexibility index (Phi) is 7.70. The Morgan fingerprint density at radius 2 is 2.00 bits per heavy atom. The van der Waals surface area contributed by atoms with Gasteiger partial charge in [0.05, 0.1) is 12.3 Å². The third kappa shape index (κ3) is 5.67. The molecule has 7 heteroatoms. The van der Waals surface area contributed by atoms with Gasteiger partial charge in [0.15, 0.2) is 0 Å². The summed E-state index contributed by atoms with van der Waals surface area (Å²) in [6.07, 6.45) is 0.399. The fourth-order valence-corrected chi connectivity index (χ4v) is 2.95. The minimum atomic E-state index is -3.36. The Labute approximate surface area is 102 Å². The molecule has 0 spiro atoms. The summed E-state index contributed by atoms with van der Waals surface area (Å²) in [5.74, 6) is 0.0144. The first-order valence-electron chi connectivity index (χ1n) is 5.28. The minimum absolute atomic E-state index is 0.0102. The zero-order valence-electron chi connectivity index (χ0n) is 9.70. The third-order valence-electron chi connectivity index (χ3n) is 1.98. The largest absolute Gasteiger partial charge is 0.355 e. The van der Waals surface area contributed by atoms with Crippen molar-refractivity contribution in [3.05, 3.63) is 0 Å². The third-order valence-corrected chi connectivity index (χ3v) is 4.22. The molecular weight excluding hydrogens is 252 g/mol. The van der Waals surface area contributed by atoms with Crippen molar-refractivity contribution >= 4 is 27.5 Å². The number of hydrogen-bond acceptors (Lipinski definition) is 3. The van der Waals surface area contributed by atoms with E-state index in [0.717, 1.165) is 0 Å². The average molecular weight is 271 g/mol. The standard InChI is InChI=1S/C9H19ClN2O3S/c1-3-11-9(13)8-12(4-2)16(14,15)7-5-6-10/h3-8H2,1-2H3,(H,11,13). The number of nitrogens with one attached hydrogen (secondary N) is 1. The molecule has 0 atom stereocenters. The molecule has 0 aromatic rings. The monoisotopic (exact) mass is 270 g/mol. The van der Waals surface area contributed by atoms with Crippen molar-refractivity contribution in [1.29, 1.82) is 0 Å². The second-order valence-corrected chi connectivity index (χ2v) is 5.70. The highest BCUT2D eigenvalue weighted by atomic mass is 35.5. The van der Waals surface area contributed by atoms with Gasteiger partial charge in [0.25, 0.3) is 0 Å². The van der Waals surface area contributed by atoms with Gasteiger partial charge < -0.3 is 5.32 Å². The van der Waals surface area contributed by atoms with E-state index in [1.54, 1.807) is 13.8 Å². The highest BCUT2D eigenvalue weighted by molar-refractivity contribution is 7.89. The number of halogens is 1. The highest BCUT2D eigenvalue weighted by Crippen LogP contribution is 2.03. The quantitative estimate of drug-likeness (QED) is 0.650. The first kappa shape index (κ1) is 15.7. The molecule has 96 valence electrons. The first-order valence-corrected chi connectivity index (χ1v) is 7.42.